The van der Waals surface area contributed by atoms with Crippen LogP contribution in [-0.2, 0) is 41.6 Å². The second-order valence-electron chi connectivity index (χ2n) is 15.0. The molecule has 1 saturated heterocycles. The molecular weight excluding hydrogens is 678 g/mol. The summed E-state index contributed by atoms with van der Waals surface area (Å²) in [5, 5.41) is 31.5. The number of benzene rings is 2. The molecule has 0 spiro atoms. The lowest BCUT2D eigenvalue weighted by atomic mass is 9.90. The smallest absolute Gasteiger partial charge is 0.243 e. The number of carbonyl (C=O) groups is 5. The molecule has 1 aliphatic rings. The van der Waals surface area contributed by atoms with Gasteiger partial charge in [0.1, 0.15) is 23.7 Å². The fraction of sp³-hybridized carbons (Fsp3) is 0.575. The van der Waals surface area contributed by atoms with Crippen LogP contribution in [0.5, 0.6) is 0 Å². The largest absolute Gasteiger partial charge is 0.393 e. The maximum Gasteiger partial charge on any atom is 0.243 e. The Balaban J connectivity index is 1.84. The fourth-order valence-electron chi connectivity index (χ4n) is 6.16. The lowest BCUT2D eigenvalue weighted by Crippen LogP contribution is -2.60. The van der Waals surface area contributed by atoms with Crippen molar-refractivity contribution in [1.82, 2.24) is 26.2 Å². The average Bonchev–Trinajstić information content (AvgIpc) is 3.12. The van der Waals surface area contributed by atoms with Gasteiger partial charge < -0.3 is 36.2 Å². The summed E-state index contributed by atoms with van der Waals surface area (Å²) >= 11 is 0. The second kappa shape index (κ2) is 21.5. The van der Waals surface area contributed by atoms with Crippen LogP contribution in [0.2, 0.25) is 0 Å². The van der Waals surface area contributed by atoms with Crippen molar-refractivity contribution in [2.24, 2.45) is 11.8 Å². The number of Topliss-reactive ketones (excluding diaryl/α,β-unsaturated/α-hetero) is 1. The van der Waals surface area contributed by atoms with Gasteiger partial charge in [-0.15, -0.1) is 0 Å². The molecule has 0 aromatic heterocycles. The van der Waals surface area contributed by atoms with Gasteiger partial charge in [0.15, 0.2) is 5.78 Å². The number of hydrogen-bond acceptors (Lipinski definition) is 9. The summed E-state index contributed by atoms with van der Waals surface area (Å²) in [5.74, 6) is -2.89. The van der Waals surface area contributed by atoms with Crippen LogP contribution in [0, 0.1) is 11.8 Å². The van der Waals surface area contributed by atoms with E-state index in [4.69, 9.17) is 4.74 Å². The van der Waals surface area contributed by atoms with Crippen LogP contribution in [0.25, 0.3) is 0 Å². The maximum atomic E-state index is 14.1. The first-order chi connectivity index (χ1) is 25.2. The molecule has 4 amide bonds. The van der Waals surface area contributed by atoms with Crippen molar-refractivity contribution < 1.29 is 38.9 Å². The molecule has 6 N–H and O–H groups in total. The van der Waals surface area contributed by atoms with Gasteiger partial charge in [-0.1, -0.05) is 88.4 Å². The summed E-state index contributed by atoms with van der Waals surface area (Å²) in [7, 11) is 0. The first kappa shape index (κ1) is 43.2. The van der Waals surface area contributed by atoms with Crippen molar-refractivity contribution in [3.8, 4) is 0 Å². The van der Waals surface area contributed by atoms with Gasteiger partial charge in [0, 0.05) is 19.5 Å². The zero-order valence-corrected chi connectivity index (χ0v) is 31.8. The Morgan fingerprint density at radius 1 is 0.717 bits per heavy atom. The number of amides is 4. The van der Waals surface area contributed by atoms with E-state index in [2.05, 4.69) is 21.3 Å². The quantitative estimate of drug-likeness (QED) is 0.111. The number of nitrogens with zero attached hydrogens (tertiary/aromatic N) is 1. The molecule has 0 bridgehead atoms. The number of ether oxygens (including phenoxy) is 1. The molecule has 0 unspecified atom stereocenters. The third kappa shape index (κ3) is 15.0. The first-order valence-electron chi connectivity index (χ1n) is 18.6. The number of morpholine rings is 1. The van der Waals surface area contributed by atoms with E-state index in [1.165, 1.54) is 6.92 Å². The molecule has 13 nitrogen and oxygen atoms in total. The van der Waals surface area contributed by atoms with Crippen LogP contribution in [0.15, 0.2) is 60.7 Å². The Hall–Kier alpha value is -4.17. The number of aliphatic hydroxyl groups excluding tert-OH is 1. The van der Waals surface area contributed by atoms with E-state index in [9.17, 15) is 34.2 Å². The number of hydrogen-bond donors (Lipinski definition) is 6. The van der Waals surface area contributed by atoms with Crippen molar-refractivity contribution in [3.05, 3.63) is 71.8 Å². The Bertz CT molecular complexity index is 1460. The molecule has 2 aromatic rings. The van der Waals surface area contributed by atoms with Crippen LogP contribution in [-0.4, -0.2) is 114 Å². The summed E-state index contributed by atoms with van der Waals surface area (Å²) < 4.78 is 5.39. The van der Waals surface area contributed by atoms with Gasteiger partial charge in [0.2, 0.25) is 23.6 Å². The van der Waals surface area contributed by atoms with E-state index in [0.717, 1.165) is 11.1 Å². The molecule has 53 heavy (non-hydrogen) atoms. The van der Waals surface area contributed by atoms with Crippen molar-refractivity contribution in [2.45, 2.75) is 96.5 Å². The monoisotopic (exact) mass is 737 g/mol. The number of carbonyl (C=O) groups excluding carboxylic acids is 5. The fourth-order valence-corrected chi connectivity index (χ4v) is 6.16. The SMILES string of the molecule is CC(C)C[C@H](NC(=O)[C@H](CCc1ccccc1)NC(=O)CN1CCOCC1)C(=O)N[C@H](Cc1ccccc1)C(=O)N[C@@H](CC(C)C)C(=O)[C@](C)(O)CO. The van der Waals surface area contributed by atoms with E-state index in [0.29, 0.717) is 39.1 Å². The zero-order valence-electron chi connectivity index (χ0n) is 31.8. The van der Waals surface area contributed by atoms with Gasteiger partial charge in [0.05, 0.1) is 32.4 Å². The molecule has 1 fully saturated rings. The number of nitrogens with one attached hydrogen (secondary N) is 4. The summed E-state index contributed by atoms with van der Waals surface area (Å²) in [6.07, 6.45) is 1.33. The van der Waals surface area contributed by atoms with E-state index in [1.807, 2.05) is 81.1 Å². The van der Waals surface area contributed by atoms with Crippen molar-refractivity contribution in [3.63, 3.8) is 0 Å². The van der Waals surface area contributed by atoms with Crippen LogP contribution in [0.3, 0.4) is 0 Å². The van der Waals surface area contributed by atoms with Gasteiger partial charge in [-0.05, 0) is 55.6 Å². The molecule has 0 radical (unpaired) electrons. The minimum Gasteiger partial charge on any atom is -0.393 e. The van der Waals surface area contributed by atoms with E-state index in [-0.39, 0.29) is 43.6 Å². The highest BCUT2D eigenvalue weighted by atomic mass is 16.5. The van der Waals surface area contributed by atoms with Crippen LogP contribution >= 0.6 is 0 Å². The van der Waals surface area contributed by atoms with Gasteiger partial charge in [-0.3, -0.25) is 28.9 Å². The van der Waals surface area contributed by atoms with Gasteiger partial charge >= 0.3 is 0 Å². The number of aryl methyl sites for hydroxylation is 1. The Labute approximate surface area is 313 Å². The molecule has 1 aliphatic heterocycles. The predicted octanol–water partition coefficient (Wildman–Crippen LogP) is 1.54. The number of ketones is 1. The number of rotatable bonds is 21. The predicted molar refractivity (Wildman–Crippen MR) is 202 cm³/mol. The average molecular weight is 738 g/mol. The zero-order chi connectivity index (χ0) is 39.0. The molecule has 1 heterocycles. The second-order valence-corrected chi connectivity index (χ2v) is 15.0. The van der Waals surface area contributed by atoms with Crippen molar-refractivity contribution in [2.75, 3.05) is 39.5 Å². The summed E-state index contributed by atoms with van der Waals surface area (Å²) in [4.78, 5) is 70.2. The minimum atomic E-state index is -2.08. The molecule has 13 heteroatoms. The highest BCUT2D eigenvalue weighted by molar-refractivity contribution is 5.97. The van der Waals surface area contributed by atoms with Gasteiger partial charge in [0.25, 0.3) is 0 Å². The van der Waals surface area contributed by atoms with E-state index in [1.54, 1.807) is 12.1 Å². The molecular formula is C40H59N5O8. The Morgan fingerprint density at radius 3 is 1.77 bits per heavy atom. The molecule has 5 atom stereocenters. The molecule has 292 valence electrons. The van der Waals surface area contributed by atoms with Crippen molar-refractivity contribution >= 4 is 29.4 Å². The molecule has 2 aromatic carbocycles. The van der Waals surface area contributed by atoms with E-state index >= 15 is 0 Å². The summed E-state index contributed by atoms with van der Waals surface area (Å²) in [5.41, 5.74) is -0.337. The minimum absolute atomic E-state index is 0.0279. The van der Waals surface area contributed by atoms with Crippen LogP contribution < -0.4 is 21.3 Å². The summed E-state index contributed by atoms with van der Waals surface area (Å²) in [6.45, 7) is 10.3. The highest BCUT2D eigenvalue weighted by Crippen LogP contribution is 2.16. The normalized spacial score (nSPS) is 16.8. The highest BCUT2D eigenvalue weighted by Gasteiger charge is 2.38. The lowest BCUT2D eigenvalue weighted by molar-refractivity contribution is -0.144. The Kier molecular flexibility index (Phi) is 17.5. The summed E-state index contributed by atoms with van der Waals surface area (Å²) in [6, 6.07) is 14.4. The van der Waals surface area contributed by atoms with Crippen LogP contribution in [0.4, 0.5) is 0 Å². The first-order valence-corrected chi connectivity index (χ1v) is 18.6. The third-order valence-electron chi connectivity index (χ3n) is 9.12. The van der Waals surface area contributed by atoms with Gasteiger partial charge in [-0.2, -0.15) is 0 Å². The molecule has 0 aliphatic carbocycles. The lowest BCUT2D eigenvalue weighted by Gasteiger charge is -2.30. The van der Waals surface area contributed by atoms with Crippen LogP contribution in [0.1, 0.15) is 65.0 Å². The molecule has 3 rings (SSSR count). The Morgan fingerprint density at radius 2 is 1.21 bits per heavy atom. The van der Waals surface area contributed by atoms with Gasteiger partial charge in [-0.25, -0.2) is 0 Å². The third-order valence-corrected chi connectivity index (χ3v) is 9.12. The van der Waals surface area contributed by atoms with E-state index < -0.39 is 59.9 Å². The standard InChI is InChI=1S/C40H59N5O8/c1-27(2)22-32(36(48)40(5,52)26-46)42-39(51)34(24-30-14-10-7-11-15-30)44-38(50)33(23-28(3)4)43-37(49)31(17-16-29-12-8-6-9-13-29)41-35(47)25-45-18-20-53-21-19-45/h6-15,27-28,31-34,46,52H,16-26H2,1-5H3,(H,41,47)(H,42,51)(H,43,49)(H,44,50)/t31-,32-,33-,34+,40+/m0/s1. The molecule has 0 saturated carbocycles. The topological polar surface area (TPSA) is 186 Å². The van der Waals surface area contributed by atoms with Crippen molar-refractivity contribution in [1.29, 1.82) is 0 Å². The maximum absolute atomic E-state index is 14.1. The number of aliphatic hydroxyl groups is 2.